The minimum atomic E-state index is -0.588. The number of hydrogen-bond donors (Lipinski definition) is 0. The van der Waals surface area contributed by atoms with Gasteiger partial charge in [0.15, 0.2) is 0 Å². The molecule has 0 unspecified atom stereocenters. The van der Waals surface area contributed by atoms with E-state index < -0.39 is 16.6 Å². The van der Waals surface area contributed by atoms with Crippen molar-refractivity contribution in [3.05, 3.63) is 76.5 Å². The average Bonchev–Trinajstić information content (AvgIpc) is 3.11. The van der Waals surface area contributed by atoms with E-state index >= 15 is 0 Å². The maximum atomic E-state index is 12.0. The molecule has 1 aromatic carbocycles. The Bertz CT molecular complexity index is 1040. The lowest BCUT2D eigenvalue weighted by molar-refractivity contribution is -0.384. The Morgan fingerprint density at radius 3 is 2.45 bits per heavy atom. The highest BCUT2D eigenvalue weighted by Gasteiger charge is 2.29. The third-order valence-corrected chi connectivity index (χ3v) is 4.62. The summed E-state index contributed by atoms with van der Waals surface area (Å²) >= 11 is 0. The lowest BCUT2D eigenvalue weighted by atomic mass is 10.1. The molecule has 0 N–H and O–H groups in total. The first-order valence-corrected chi connectivity index (χ1v) is 9.78. The number of hydroxylamine groups is 2. The predicted octanol–water partition coefficient (Wildman–Crippen LogP) is 3.86. The first kappa shape index (κ1) is 22.1. The van der Waals surface area contributed by atoms with E-state index in [9.17, 15) is 14.9 Å². The smallest absolute Gasteiger partial charge is 0.269 e. The van der Waals surface area contributed by atoms with Gasteiger partial charge in [-0.2, -0.15) is 0 Å². The molecule has 0 fully saturated rings. The minimum Gasteiger partial charge on any atom is -0.329 e. The van der Waals surface area contributed by atoms with E-state index in [2.05, 4.69) is 9.97 Å². The summed E-state index contributed by atoms with van der Waals surface area (Å²) in [6, 6.07) is 11.3. The van der Waals surface area contributed by atoms with Crippen LogP contribution in [0.4, 0.5) is 5.69 Å². The Morgan fingerprint density at radius 1 is 1.19 bits per heavy atom. The van der Waals surface area contributed by atoms with Gasteiger partial charge in [-0.25, -0.2) is 10.0 Å². The first-order valence-electron chi connectivity index (χ1n) is 9.78. The molecule has 162 valence electrons. The van der Waals surface area contributed by atoms with Crippen LogP contribution in [0.5, 0.6) is 0 Å². The summed E-state index contributed by atoms with van der Waals surface area (Å²) in [5.74, 6) is 0.607. The van der Waals surface area contributed by atoms with Crippen molar-refractivity contribution >= 4 is 12.1 Å². The fraction of sp³-hybridized carbons (Fsp3) is 0.318. The first-order chi connectivity index (χ1) is 14.7. The van der Waals surface area contributed by atoms with Crippen LogP contribution < -0.4 is 0 Å². The van der Waals surface area contributed by atoms with Gasteiger partial charge in [-0.05, 0) is 45.0 Å². The van der Waals surface area contributed by atoms with Crippen LogP contribution in [0.15, 0.2) is 54.9 Å². The second-order valence-electron chi connectivity index (χ2n) is 8.07. The summed E-state index contributed by atoms with van der Waals surface area (Å²) in [6.07, 6.45) is 4.43. The van der Waals surface area contributed by atoms with Gasteiger partial charge in [0, 0.05) is 43.1 Å². The molecule has 0 aliphatic carbocycles. The number of amides is 1. The molecule has 31 heavy (non-hydrogen) atoms. The third-order valence-electron chi connectivity index (χ3n) is 4.62. The summed E-state index contributed by atoms with van der Waals surface area (Å²) in [5, 5.41) is 12.2. The number of aromatic nitrogens is 3. The van der Waals surface area contributed by atoms with Gasteiger partial charge in [-0.3, -0.25) is 24.7 Å². The number of imidazole rings is 1. The van der Waals surface area contributed by atoms with Crippen molar-refractivity contribution in [1.29, 1.82) is 0 Å². The van der Waals surface area contributed by atoms with E-state index in [-0.39, 0.29) is 5.69 Å². The van der Waals surface area contributed by atoms with Gasteiger partial charge in [0.2, 0.25) is 6.41 Å². The van der Waals surface area contributed by atoms with E-state index in [1.165, 1.54) is 17.2 Å². The van der Waals surface area contributed by atoms with E-state index in [1.807, 2.05) is 50.6 Å². The quantitative estimate of drug-likeness (QED) is 0.310. The molecule has 9 heteroatoms. The number of non-ortho nitro benzene ring substituents is 1. The van der Waals surface area contributed by atoms with Gasteiger partial charge in [-0.15, -0.1) is 0 Å². The van der Waals surface area contributed by atoms with Gasteiger partial charge in [0.1, 0.15) is 11.9 Å². The van der Waals surface area contributed by atoms with E-state index in [4.69, 9.17) is 4.84 Å². The molecule has 0 spiro atoms. The van der Waals surface area contributed by atoms with Gasteiger partial charge in [0.25, 0.3) is 5.69 Å². The number of nitrogens with zero attached hydrogens (tertiary/aromatic N) is 5. The van der Waals surface area contributed by atoms with Crippen LogP contribution in [0.3, 0.4) is 0 Å². The van der Waals surface area contributed by atoms with E-state index in [1.54, 1.807) is 24.5 Å². The SMILES string of the molecule is Cn1c(-c2ccc([N+](=O)[O-])cc2)cnc1[C@H](Cc1ccccn1)N(C=O)OC(C)(C)C. The summed E-state index contributed by atoms with van der Waals surface area (Å²) in [6.45, 7) is 5.59. The van der Waals surface area contributed by atoms with Gasteiger partial charge < -0.3 is 4.57 Å². The second kappa shape index (κ2) is 9.05. The summed E-state index contributed by atoms with van der Waals surface area (Å²) in [5.41, 5.74) is 1.76. The Labute approximate surface area is 180 Å². The maximum absolute atomic E-state index is 12.0. The number of carbonyl (C=O) groups excluding carboxylic acids is 1. The highest BCUT2D eigenvalue weighted by Crippen LogP contribution is 2.30. The van der Waals surface area contributed by atoms with Crippen LogP contribution >= 0.6 is 0 Å². The number of pyridine rings is 1. The van der Waals surface area contributed by atoms with Crippen molar-refractivity contribution < 1.29 is 14.6 Å². The van der Waals surface area contributed by atoms with Gasteiger partial charge in [0.05, 0.1) is 22.4 Å². The summed E-state index contributed by atoms with van der Waals surface area (Å²) in [4.78, 5) is 37.3. The maximum Gasteiger partial charge on any atom is 0.269 e. The van der Waals surface area contributed by atoms with Crippen molar-refractivity contribution in [2.45, 2.75) is 38.8 Å². The Kier molecular flexibility index (Phi) is 6.45. The van der Waals surface area contributed by atoms with Crippen LogP contribution in [0.1, 0.15) is 38.3 Å². The van der Waals surface area contributed by atoms with Crippen LogP contribution in [0.2, 0.25) is 0 Å². The summed E-state index contributed by atoms with van der Waals surface area (Å²) < 4.78 is 1.86. The summed E-state index contributed by atoms with van der Waals surface area (Å²) in [7, 11) is 1.84. The number of hydrogen-bond acceptors (Lipinski definition) is 6. The monoisotopic (exact) mass is 423 g/mol. The zero-order chi connectivity index (χ0) is 22.6. The molecule has 3 rings (SSSR count). The molecule has 9 nitrogen and oxygen atoms in total. The van der Waals surface area contributed by atoms with Gasteiger partial charge in [-0.1, -0.05) is 6.07 Å². The van der Waals surface area contributed by atoms with Gasteiger partial charge >= 0.3 is 0 Å². The highest BCUT2D eigenvalue weighted by atomic mass is 16.7. The van der Waals surface area contributed by atoms with Crippen LogP contribution in [0.25, 0.3) is 11.3 Å². The molecular formula is C22H25N5O4. The molecule has 0 aliphatic rings. The largest absolute Gasteiger partial charge is 0.329 e. The number of carbonyl (C=O) groups is 1. The fourth-order valence-electron chi connectivity index (χ4n) is 3.24. The van der Waals surface area contributed by atoms with Crippen LogP contribution in [-0.2, 0) is 23.1 Å². The van der Waals surface area contributed by atoms with Crippen molar-refractivity contribution in [3.63, 3.8) is 0 Å². The number of nitro benzene ring substituents is 1. The highest BCUT2D eigenvalue weighted by molar-refractivity contribution is 5.61. The Hall–Kier alpha value is -3.59. The minimum absolute atomic E-state index is 0.0184. The van der Waals surface area contributed by atoms with E-state index in [0.717, 1.165) is 17.0 Å². The zero-order valence-electron chi connectivity index (χ0n) is 17.9. The molecule has 2 aromatic heterocycles. The molecule has 0 bridgehead atoms. The topological polar surface area (TPSA) is 103 Å². The lowest BCUT2D eigenvalue weighted by Crippen LogP contribution is -2.38. The molecular weight excluding hydrogens is 398 g/mol. The normalized spacial score (nSPS) is 12.4. The van der Waals surface area contributed by atoms with E-state index in [0.29, 0.717) is 18.7 Å². The number of benzene rings is 1. The van der Waals surface area contributed by atoms with Crippen molar-refractivity contribution in [2.75, 3.05) is 0 Å². The molecule has 0 saturated carbocycles. The van der Waals surface area contributed by atoms with Crippen molar-refractivity contribution in [1.82, 2.24) is 19.6 Å². The number of rotatable bonds is 8. The van der Waals surface area contributed by atoms with Crippen molar-refractivity contribution in [2.24, 2.45) is 7.05 Å². The van der Waals surface area contributed by atoms with Crippen LogP contribution in [-0.4, -0.2) is 36.5 Å². The number of nitro groups is 1. The third kappa shape index (κ3) is 5.32. The predicted molar refractivity (Wildman–Crippen MR) is 115 cm³/mol. The van der Waals surface area contributed by atoms with Crippen LogP contribution in [0, 0.1) is 10.1 Å². The average molecular weight is 423 g/mol. The molecule has 0 saturated heterocycles. The molecule has 3 aromatic rings. The molecule has 0 radical (unpaired) electrons. The molecule has 1 amide bonds. The zero-order valence-corrected chi connectivity index (χ0v) is 17.9. The Morgan fingerprint density at radius 2 is 1.90 bits per heavy atom. The standard InChI is InChI=1S/C22H25N5O4/c1-22(2,3)31-26(15-28)19(13-17-7-5-6-12-23-17)21-24-14-20(25(21)4)16-8-10-18(11-9-16)27(29)30/h5-12,14-15,19H,13H2,1-4H3/t19-/m0/s1. The van der Waals surface area contributed by atoms with Crippen molar-refractivity contribution in [3.8, 4) is 11.3 Å². The fourth-order valence-corrected chi connectivity index (χ4v) is 3.24. The molecule has 2 heterocycles. The molecule has 1 atom stereocenters. The molecule has 0 aliphatic heterocycles. The Balaban J connectivity index is 2.00. The second-order valence-corrected chi connectivity index (χ2v) is 8.07. The lowest BCUT2D eigenvalue weighted by Gasteiger charge is -2.32.